The van der Waals surface area contributed by atoms with Gasteiger partial charge >= 0.3 is 0 Å². The fraction of sp³-hybridized carbons (Fsp3) is 0.312. The summed E-state index contributed by atoms with van der Waals surface area (Å²) in [4.78, 5) is 6.07. The molecule has 1 aromatic heterocycles. The summed E-state index contributed by atoms with van der Waals surface area (Å²) in [6, 6.07) is 7.41. The van der Waals surface area contributed by atoms with Crippen molar-refractivity contribution in [3.63, 3.8) is 0 Å². The van der Waals surface area contributed by atoms with Crippen LogP contribution in [0.25, 0.3) is 0 Å². The Hall–Kier alpha value is -2.15. The molecule has 5 nitrogen and oxygen atoms in total. The average molecular weight is 335 g/mol. The summed E-state index contributed by atoms with van der Waals surface area (Å²) in [7, 11) is -3.98. The third-order valence-corrected chi connectivity index (χ3v) is 5.20. The molecule has 0 atom stereocenters. The first-order valence-corrected chi connectivity index (χ1v) is 8.94. The predicted octanol–water partition coefficient (Wildman–Crippen LogP) is 2.93. The molecule has 23 heavy (non-hydrogen) atoms. The van der Waals surface area contributed by atoms with Gasteiger partial charge in [-0.2, -0.15) is 0 Å². The van der Waals surface area contributed by atoms with E-state index in [0.29, 0.717) is 11.3 Å². The smallest absolute Gasteiger partial charge is 0.264 e. The number of sulfonamides is 1. The van der Waals surface area contributed by atoms with Gasteiger partial charge in [0, 0.05) is 13.1 Å². The second-order valence-corrected chi connectivity index (χ2v) is 7.29. The average Bonchev–Trinajstić information content (AvgIpc) is 3.04. The van der Waals surface area contributed by atoms with Gasteiger partial charge in [0.1, 0.15) is 16.5 Å². The number of anilines is 2. The van der Waals surface area contributed by atoms with Crippen molar-refractivity contribution in [2.24, 2.45) is 0 Å². The van der Waals surface area contributed by atoms with Crippen LogP contribution >= 0.6 is 0 Å². The maximum absolute atomic E-state index is 13.8. The number of rotatable bonds is 4. The van der Waals surface area contributed by atoms with Crippen LogP contribution in [0.1, 0.15) is 18.4 Å². The minimum Gasteiger partial charge on any atom is -0.357 e. The summed E-state index contributed by atoms with van der Waals surface area (Å²) in [5.41, 5.74) is 0.989. The number of pyridine rings is 1. The van der Waals surface area contributed by atoms with Crippen LogP contribution in [0.4, 0.5) is 15.9 Å². The SMILES string of the molecule is Cc1ccc(F)c(S(=O)(=O)Nc2ccc(N3CCCC3)nc2)c1. The Balaban J connectivity index is 1.81. The van der Waals surface area contributed by atoms with E-state index in [1.165, 1.54) is 18.3 Å². The van der Waals surface area contributed by atoms with Crippen LogP contribution in [-0.2, 0) is 10.0 Å². The molecule has 0 bridgehead atoms. The topological polar surface area (TPSA) is 62.3 Å². The molecule has 0 saturated carbocycles. The van der Waals surface area contributed by atoms with Crippen molar-refractivity contribution in [1.29, 1.82) is 0 Å². The highest BCUT2D eigenvalue weighted by atomic mass is 32.2. The molecule has 1 aliphatic heterocycles. The van der Waals surface area contributed by atoms with E-state index in [9.17, 15) is 12.8 Å². The number of nitrogens with zero attached hydrogens (tertiary/aromatic N) is 2. The highest BCUT2D eigenvalue weighted by Gasteiger charge is 2.20. The second-order valence-electron chi connectivity index (χ2n) is 5.64. The van der Waals surface area contributed by atoms with E-state index in [-0.39, 0.29) is 4.90 Å². The lowest BCUT2D eigenvalue weighted by Crippen LogP contribution is -2.19. The van der Waals surface area contributed by atoms with Gasteiger partial charge in [-0.15, -0.1) is 0 Å². The molecule has 1 N–H and O–H groups in total. The molecule has 2 aromatic rings. The Morgan fingerprint density at radius 1 is 1.17 bits per heavy atom. The molecular weight excluding hydrogens is 317 g/mol. The molecule has 0 spiro atoms. The van der Waals surface area contributed by atoms with E-state index in [1.807, 2.05) is 0 Å². The maximum Gasteiger partial charge on any atom is 0.264 e. The van der Waals surface area contributed by atoms with Gasteiger partial charge in [0.25, 0.3) is 10.0 Å². The first-order chi connectivity index (χ1) is 11.0. The van der Waals surface area contributed by atoms with Crippen LogP contribution < -0.4 is 9.62 Å². The molecule has 2 heterocycles. The summed E-state index contributed by atoms with van der Waals surface area (Å²) in [6.07, 6.45) is 3.74. The number of hydrogen-bond acceptors (Lipinski definition) is 4. The minimum absolute atomic E-state index is 0.314. The number of aryl methyl sites for hydroxylation is 1. The van der Waals surface area contributed by atoms with Crippen molar-refractivity contribution < 1.29 is 12.8 Å². The largest absolute Gasteiger partial charge is 0.357 e. The Kier molecular flexibility index (Phi) is 4.21. The van der Waals surface area contributed by atoms with Crippen molar-refractivity contribution in [2.75, 3.05) is 22.7 Å². The molecule has 3 rings (SSSR count). The van der Waals surface area contributed by atoms with Gasteiger partial charge in [0.05, 0.1) is 11.9 Å². The minimum atomic E-state index is -3.98. The predicted molar refractivity (Wildman–Crippen MR) is 87.6 cm³/mol. The van der Waals surface area contributed by atoms with E-state index >= 15 is 0 Å². The number of nitrogens with one attached hydrogen (secondary N) is 1. The lowest BCUT2D eigenvalue weighted by Gasteiger charge is -2.16. The van der Waals surface area contributed by atoms with E-state index in [4.69, 9.17) is 0 Å². The van der Waals surface area contributed by atoms with Gasteiger partial charge in [0.2, 0.25) is 0 Å². The number of aromatic nitrogens is 1. The van der Waals surface area contributed by atoms with Gasteiger partial charge in [-0.1, -0.05) is 6.07 Å². The van der Waals surface area contributed by atoms with Gasteiger partial charge in [-0.3, -0.25) is 4.72 Å². The molecule has 7 heteroatoms. The van der Waals surface area contributed by atoms with Gasteiger partial charge in [0.15, 0.2) is 0 Å². The van der Waals surface area contributed by atoms with Crippen LogP contribution in [-0.4, -0.2) is 26.5 Å². The molecule has 1 aromatic carbocycles. The lowest BCUT2D eigenvalue weighted by molar-refractivity contribution is 0.570. The summed E-state index contributed by atoms with van der Waals surface area (Å²) in [5, 5.41) is 0. The maximum atomic E-state index is 13.8. The van der Waals surface area contributed by atoms with E-state index in [0.717, 1.165) is 37.8 Å². The fourth-order valence-corrected chi connectivity index (χ4v) is 3.81. The van der Waals surface area contributed by atoms with Crippen molar-refractivity contribution in [3.8, 4) is 0 Å². The van der Waals surface area contributed by atoms with E-state index in [1.54, 1.807) is 19.1 Å². The van der Waals surface area contributed by atoms with E-state index in [2.05, 4.69) is 14.6 Å². The zero-order valence-corrected chi connectivity index (χ0v) is 13.6. The molecule has 0 radical (unpaired) electrons. The Morgan fingerprint density at radius 2 is 1.91 bits per heavy atom. The van der Waals surface area contributed by atoms with Crippen LogP contribution in [0, 0.1) is 12.7 Å². The Bertz CT molecular complexity index is 801. The van der Waals surface area contributed by atoms with E-state index < -0.39 is 15.8 Å². The van der Waals surface area contributed by atoms with Gasteiger partial charge in [-0.05, 0) is 49.6 Å². The summed E-state index contributed by atoms with van der Waals surface area (Å²) < 4.78 is 40.8. The summed E-state index contributed by atoms with van der Waals surface area (Å²) in [5.74, 6) is 0.0527. The molecule has 0 amide bonds. The Morgan fingerprint density at radius 3 is 2.57 bits per heavy atom. The number of halogens is 1. The fourth-order valence-electron chi connectivity index (χ4n) is 2.61. The highest BCUT2D eigenvalue weighted by molar-refractivity contribution is 7.92. The third-order valence-electron chi connectivity index (χ3n) is 3.81. The third kappa shape index (κ3) is 3.44. The number of benzene rings is 1. The van der Waals surface area contributed by atoms with Gasteiger partial charge < -0.3 is 4.90 Å². The quantitative estimate of drug-likeness (QED) is 0.933. The first-order valence-electron chi connectivity index (χ1n) is 7.46. The molecule has 122 valence electrons. The van der Waals surface area contributed by atoms with Crippen LogP contribution in [0.5, 0.6) is 0 Å². The van der Waals surface area contributed by atoms with Crippen molar-refractivity contribution in [1.82, 2.24) is 4.98 Å². The molecule has 0 unspecified atom stereocenters. The zero-order chi connectivity index (χ0) is 16.4. The standard InChI is InChI=1S/C16H18FN3O2S/c1-12-4-6-14(17)15(10-12)23(21,22)19-13-5-7-16(18-11-13)20-8-2-3-9-20/h4-7,10-11,19H,2-3,8-9H2,1H3. The summed E-state index contributed by atoms with van der Waals surface area (Å²) in [6.45, 7) is 3.64. The number of hydrogen-bond donors (Lipinski definition) is 1. The Labute approximate surface area is 135 Å². The van der Waals surface area contributed by atoms with Crippen molar-refractivity contribution in [2.45, 2.75) is 24.7 Å². The summed E-state index contributed by atoms with van der Waals surface area (Å²) >= 11 is 0. The van der Waals surface area contributed by atoms with Crippen molar-refractivity contribution >= 4 is 21.5 Å². The molecule has 1 fully saturated rings. The normalized spacial score (nSPS) is 15.0. The monoisotopic (exact) mass is 335 g/mol. The van der Waals surface area contributed by atoms with Crippen LogP contribution in [0.2, 0.25) is 0 Å². The van der Waals surface area contributed by atoms with Crippen LogP contribution in [0.3, 0.4) is 0 Å². The lowest BCUT2D eigenvalue weighted by atomic mass is 10.2. The second kappa shape index (κ2) is 6.16. The molecule has 0 aliphatic carbocycles. The zero-order valence-electron chi connectivity index (χ0n) is 12.8. The van der Waals surface area contributed by atoms with Crippen LogP contribution in [0.15, 0.2) is 41.4 Å². The molecule has 1 aliphatic rings. The molecular formula is C16H18FN3O2S. The highest BCUT2D eigenvalue weighted by Crippen LogP contribution is 2.22. The first kappa shape index (κ1) is 15.7. The molecule has 1 saturated heterocycles. The van der Waals surface area contributed by atoms with Gasteiger partial charge in [-0.25, -0.2) is 17.8 Å². The van der Waals surface area contributed by atoms with Crippen molar-refractivity contribution in [3.05, 3.63) is 47.9 Å².